The van der Waals surface area contributed by atoms with Crippen molar-refractivity contribution in [3.05, 3.63) is 42.6 Å². The Bertz CT molecular complexity index is 881. The first-order chi connectivity index (χ1) is 13.3. The average molecular weight is 406 g/mol. The van der Waals surface area contributed by atoms with Gasteiger partial charge in [0.05, 0.1) is 24.5 Å². The van der Waals surface area contributed by atoms with Gasteiger partial charge in [0.25, 0.3) is 0 Å². The van der Waals surface area contributed by atoms with Crippen molar-refractivity contribution in [1.29, 1.82) is 0 Å². The van der Waals surface area contributed by atoms with Crippen molar-refractivity contribution in [2.24, 2.45) is 0 Å². The average Bonchev–Trinajstić information content (AvgIpc) is 3.08. The normalized spacial score (nSPS) is 19.8. The highest BCUT2D eigenvalue weighted by Crippen LogP contribution is 2.25. The standard InChI is InChI=1S/C20H27N3O4S/c1-14(2)28(24,25)22-18-12-26-13-19(18)27-17-8-5-15(6-9-17)16-7-10-20(21-11-16)23(3)4/h5-11,14,18-19,22H,12-13H2,1-4H3/t18-,19+/m1/s1. The Morgan fingerprint density at radius 1 is 1.11 bits per heavy atom. The molecule has 1 N–H and O–H groups in total. The van der Waals surface area contributed by atoms with Crippen LogP contribution in [0.1, 0.15) is 13.8 Å². The van der Waals surface area contributed by atoms with Crippen molar-refractivity contribution in [2.75, 3.05) is 32.2 Å². The van der Waals surface area contributed by atoms with E-state index in [2.05, 4.69) is 9.71 Å². The van der Waals surface area contributed by atoms with Gasteiger partial charge in [0.15, 0.2) is 0 Å². The van der Waals surface area contributed by atoms with Crippen LogP contribution in [0.4, 0.5) is 5.82 Å². The second-order valence-electron chi connectivity index (χ2n) is 7.34. The lowest BCUT2D eigenvalue weighted by molar-refractivity contribution is 0.140. The van der Waals surface area contributed by atoms with E-state index in [9.17, 15) is 8.42 Å². The summed E-state index contributed by atoms with van der Waals surface area (Å²) in [7, 11) is 0.528. The fourth-order valence-corrected chi connectivity index (χ4v) is 3.74. The Morgan fingerprint density at radius 2 is 1.79 bits per heavy atom. The molecule has 7 nitrogen and oxygen atoms in total. The molecule has 0 bridgehead atoms. The van der Waals surface area contributed by atoms with Crippen LogP contribution in [0.5, 0.6) is 5.75 Å². The van der Waals surface area contributed by atoms with Gasteiger partial charge >= 0.3 is 0 Å². The van der Waals surface area contributed by atoms with E-state index in [1.54, 1.807) is 13.8 Å². The third kappa shape index (κ3) is 4.81. The number of benzene rings is 1. The lowest BCUT2D eigenvalue weighted by Gasteiger charge is -2.21. The Labute approximate surface area is 166 Å². The third-order valence-corrected chi connectivity index (χ3v) is 6.52. The van der Waals surface area contributed by atoms with Crippen LogP contribution in [0.2, 0.25) is 0 Å². The minimum atomic E-state index is -3.38. The Hall–Kier alpha value is -2.16. The van der Waals surface area contributed by atoms with Gasteiger partial charge in [-0.15, -0.1) is 0 Å². The number of aromatic nitrogens is 1. The maximum atomic E-state index is 12.1. The molecule has 152 valence electrons. The first-order valence-corrected chi connectivity index (χ1v) is 10.8. The van der Waals surface area contributed by atoms with E-state index in [0.29, 0.717) is 19.0 Å². The van der Waals surface area contributed by atoms with Gasteiger partial charge in [0.2, 0.25) is 10.0 Å². The van der Waals surface area contributed by atoms with Gasteiger partial charge in [-0.05, 0) is 43.7 Å². The summed E-state index contributed by atoms with van der Waals surface area (Å²) in [5, 5.41) is -0.500. The molecule has 28 heavy (non-hydrogen) atoms. The van der Waals surface area contributed by atoms with Gasteiger partial charge in [-0.3, -0.25) is 0 Å². The number of anilines is 1. The quantitative estimate of drug-likeness (QED) is 0.761. The van der Waals surface area contributed by atoms with Crippen molar-refractivity contribution in [3.63, 3.8) is 0 Å². The first-order valence-electron chi connectivity index (χ1n) is 9.25. The number of ether oxygens (including phenoxy) is 2. The number of hydrogen-bond donors (Lipinski definition) is 1. The Balaban J connectivity index is 1.66. The molecule has 0 spiro atoms. The number of rotatable bonds is 7. The smallest absolute Gasteiger partial charge is 0.214 e. The van der Waals surface area contributed by atoms with E-state index < -0.39 is 21.3 Å². The zero-order valence-electron chi connectivity index (χ0n) is 16.6. The van der Waals surface area contributed by atoms with Crippen molar-refractivity contribution in [3.8, 4) is 16.9 Å². The number of sulfonamides is 1. The van der Waals surface area contributed by atoms with Crippen molar-refractivity contribution >= 4 is 15.8 Å². The topological polar surface area (TPSA) is 80.8 Å². The van der Waals surface area contributed by atoms with E-state index in [0.717, 1.165) is 16.9 Å². The lowest BCUT2D eigenvalue weighted by Crippen LogP contribution is -2.47. The van der Waals surface area contributed by atoms with Gasteiger partial charge in [-0.1, -0.05) is 12.1 Å². The number of pyridine rings is 1. The molecule has 0 radical (unpaired) electrons. The van der Waals surface area contributed by atoms with Crippen LogP contribution in [0.3, 0.4) is 0 Å². The molecule has 1 aliphatic heterocycles. The molecule has 3 rings (SSSR count). The van der Waals surface area contributed by atoms with Crippen LogP contribution >= 0.6 is 0 Å². The van der Waals surface area contributed by atoms with E-state index in [-0.39, 0.29) is 6.10 Å². The molecule has 2 heterocycles. The second kappa shape index (κ2) is 8.46. The largest absolute Gasteiger partial charge is 0.486 e. The van der Waals surface area contributed by atoms with E-state index in [4.69, 9.17) is 9.47 Å². The molecule has 0 unspecified atom stereocenters. The maximum Gasteiger partial charge on any atom is 0.214 e. The summed E-state index contributed by atoms with van der Waals surface area (Å²) in [6.45, 7) is 3.95. The molecule has 0 amide bonds. The summed E-state index contributed by atoms with van der Waals surface area (Å²) in [5.41, 5.74) is 2.05. The van der Waals surface area contributed by atoms with Gasteiger partial charge in [0.1, 0.15) is 17.7 Å². The summed E-state index contributed by atoms with van der Waals surface area (Å²) in [5.74, 6) is 1.57. The summed E-state index contributed by atoms with van der Waals surface area (Å²) in [6.07, 6.45) is 1.48. The fourth-order valence-electron chi connectivity index (χ4n) is 2.83. The highest BCUT2D eigenvalue weighted by molar-refractivity contribution is 7.90. The highest BCUT2D eigenvalue weighted by Gasteiger charge is 2.34. The Morgan fingerprint density at radius 3 is 2.36 bits per heavy atom. The van der Waals surface area contributed by atoms with Crippen LogP contribution in [0.15, 0.2) is 42.6 Å². The van der Waals surface area contributed by atoms with Gasteiger partial charge in [-0.25, -0.2) is 18.1 Å². The minimum absolute atomic E-state index is 0.304. The highest BCUT2D eigenvalue weighted by atomic mass is 32.2. The lowest BCUT2D eigenvalue weighted by atomic mass is 10.1. The minimum Gasteiger partial charge on any atom is -0.486 e. The summed E-state index contributed by atoms with van der Waals surface area (Å²) >= 11 is 0. The Kier molecular flexibility index (Phi) is 6.22. The van der Waals surface area contributed by atoms with Crippen LogP contribution < -0.4 is 14.4 Å². The van der Waals surface area contributed by atoms with Crippen LogP contribution in [-0.4, -0.2) is 58.1 Å². The molecule has 1 aliphatic rings. The molecule has 8 heteroatoms. The molecule has 1 fully saturated rings. The summed E-state index contributed by atoms with van der Waals surface area (Å²) in [6, 6.07) is 11.3. The number of nitrogens with zero attached hydrogens (tertiary/aromatic N) is 2. The zero-order valence-corrected chi connectivity index (χ0v) is 17.4. The molecule has 1 aromatic heterocycles. The second-order valence-corrected chi connectivity index (χ2v) is 9.60. The molecular weight excluding hydrogens is 378 g/mol. The molecule has 2 atom stereocenters. The number of nitrogens with one attached hydrogen (secondary N) is 1. The number of hydrogen-bond acceptors (Lipinski definition) is 6. The van der Waals surface area contributed by atoms with Crippen LogP contribution in [0.25, 0.3) is 11.1 Å². The van der Waals surface area contributed by atoms with Crippen molar-refractivity contribution in [2.45, 2.75) is 31.2 Å². The molecule has 1 saturated heterocycles. The molecule has 0 saturated carbocycles. The van der Waals surface area contributed by atoms with Crippen molar-refractivity contribution in [1.82, 2.24) is 9.71 Å². The van der Waals surface area contributed by atoms with Crippen molar-refractivity contribution < 1.29 is 17.9 Å². The zero-order chi connectivity index (χ0) is 20.3. The van der Waals surface area contributed by atoms with Gasteiger partial charge in [-0.2, -0.15) is 0 Å². The predicted molar refractivity (Wildman–Crippen MR) is 110 cm³/mol. The molecular formula is C20H27N3O4S. The molecule has 1 aromatic carbocycles. The summed E-state index contributed by atoms with van der Waals surface area (Å²) in [4.78, 5) is 6.38. The summed E-state index contributed by atoms with van der Waals surface area (Å²) < 4.78 is 38.3. The third-order valence-electron chi connectivity index (χ3n) is 4.65. The van der Waals surface area contributed by atoms with E-state index >= 15 is 0 Å². The first kappa shape index (κ1) is 20.6. The van der Waals surface area contributed by atoms with E-state index in [1.807, 2.05) is 61.6 Å². The van der Waals surface area contributed by atoms with Crippen LogP contribution in [-0.2, 0) is 14.8 Å². The SMILES string of the molecule is CC(C)S(=O)(=O)N[C@@H]1COC[C@@H]1Oc1ccc(-c2ccc(N(C)C)nc2)cc1. The molecule has 2 aromatic rings. The maximum absolute atomic E-state index is 12.1. The predicted octanol–water partition coefficient (Wildman–Crippen LogP) is 2.29. The van der Waals surface area contributed by atoms with Crippen LogP contribution in [0, 0.1) is 0 Å². The monoisotopic (exact) mass is 405 g/mol. The van der Waals surface area contributed by atoms with Gasteiger partial charge in [0, 0.05) is 25.9 Å². The van der Waals surface area contributed by atoms with Gasteiger partial charge < -0.3 is 14.4 Å². The molecule has 0 aliphatic carbocycles. The van der Waals surface area contributed by atoms with E-state index in [1.165, 1.54) is 0 Å². The fraction of sp³-hybridized carbons (Fsp3) is 0.450.